The van der Waals surface area contributed by atoms with Gasteiger partial charge in [0.2, 0.25) is 0 Å². The standard InChI is InChI=1S/C19H34N2O4/c1-6-7-12-24-15-13-16(19(15,2)3)25-17(22)14-8-10-21(11-9-14)18(23)20(4)5/h14-16H,6-13H2,1-5H3/t15-,16-/m0/s1. The highest BCUT2D eigenvalue weighted by atomic mass is 16.6. The Balaban J connectivity index is 1.75. The molecule has 1 saturated heterocycles. The van der Waals surface area contributed by atoms with Crippen LogP contribution in [0.25, 0.3) is 0 Å². The van der Waals surface area contributed by atoms with Gasteiger partial charge in [0, 0.05) is 45.6 Å². The second kappa shape index (κ2) is 8.39. The monoisotopic (exact) mass is 354 g/mol. The molecule has 0 radical (unpaired) electrons. The fourth-order valence-electron chi connectivity index (χ4n) is 3.53. The van der Waals surface area contributed by atoms with Crippen LogP contribution in [-0.2, 0) is 14.3 Å². The minimum absolute atomic E-state index is 0.0130. The van der Waals surface area contributed by atoms with Crippen molar-refractivity contribution >= 4 is 12.0 Å². The second-order valence-corrected chi connectivity index (χ2v) is 8.13. The first-order valence-corrected chi connectivity index (χ1v) is 9.55. The summed E-state index contributed by atoms with van der Waals surface area (Å²) >= 11 is 0. The van der Waals surface area contributed by atoms with E-state index in [4.69, 9.17) is 9.47 Å². The van der Waals surface area contributed by atoms with E-state index in [0.717, 1.165) is 25.9 Å². The third-order valence-electron chi connectivity index (χ3n) is 5.64. The topological polar surface area (TPSA) is 59.1 Å². The molecule has 0 unspecified atom stereocenters. The number of hydrogen-bond donors (Lipinski definition) is 0. The highest BCUT2D eigenvalue weighted by molar-refractivity contribution is 5.76. The molecule has 6 heteroatoms. The van der Waals surface area contributed by atoms with Crippen LogP contribution in [0.1, 0.15) is 52.9 Å². The first kappa shape index (κ1) is 20.0. The number of amides is 2. The number of urea groups is 1. The van der Waals surface area contributed by atoms with Crippen molar-refractivity contribution in [1.82, 2.24) is 9.80 Å². The number of nitrogens with zero attached hydrogens (tertiary/aromatic N) is 2. The van der Waals surface area contributed by atoms with Gasteiger partial charge in [0.05, 0.1) is 12.0 Å². The van der Waals surface area contributed by atoms with Gasteiger partial charge in [-0.1, -0.05) is 27.2 Å². The Labute approximate surface area is 151 Å². The first-order chi connectivity index (χ1) is 11.8. The lowest BCUT2D eigenvalue weighted by Gasteiger charge is -2.50. The van der Waals surface area contributed by atoms with Crippen molar-refractivity contribution in [2.45, 2.75) is 65.1 Å². The third kappa shape index (κ3) is 4.66. The van der Waals surface area contributed by atoms with Crippen molar-refractivity contribution in [3.63, 3.8) is 0 Å². The summed E-state index contributed by atoms with van der Waals surface area (Å²) in [6.45, 7) is 8.40. The first-order valence-electron chi connectivity index (χ1n) is 9.55. The molecule has 2 atom stereocenters. The van der Waals surface area contributed by atoms with Gasteiger partial charge in [-0.2, -0.15) is 0 Å². The van der Waals surface area contributed by atoms with Crippen LogP contribution in [0, 0.1) is 11.3 Å². The number of esters is 1. The van der Waals surface area contributed by atoms with Crippen molar-refractivity contribution < 1.29 is 19.1 Å². The molecule has 0 aromatic rings. The van der Waals surface area contributed by atoms with E-state index in [-0.39, 0.29) is 35.5 Å². The number of ether oxygens (including phenoxy) is 2. The summed E-state index contributed by atoms with van der Waals surface area (Å²) in [5.74, 6) is -0.205. The minimum Gasteiger partial charge on any atom is -0.461 e. The fourth-order valence-corrected chi connectivity index (χ4v) is 3.53. The number of carbonyl (C=O) groups excluding carboxylic acids is 2. The third-order valence-corrected chi connectivity index (χ3v) is 5.64. The van der Waals surface area contributed by atoms with E-state index in [0.29, 0.717) is 25.9 Å². The molecular weight excluding hydrogens is 320 g/mol. The summed E-state index contributed by atoms with van der Waals surface area (Å²) in [5, 5.41) is 0. The maximum atomic E-state index is 12.5. The number of piperidine rings is 1. The van der Waals surface area contributed by atoms with Crippen LogP contribution in [0.5, 0.6) is 0 Å². The van der Waals surface area contributed by atoms with Crippen molar-refractivity contribution in [2.75, 3.05) is 33.8 Å². The van der Waals surface area contributed by atoms with Gasteiger partial charge >= 0.3 is 12.0 Å². The smallest absolute Gasteiger partial charge is 0.319 e. The van der Waals surface area contributed by atoms with Crippen molar-refractivity contribution in [1.29, 1.82) is 0 Å². The minimum atomic E-state index is -0.120. The Morgan fingerprint density at radius 2 is 1.80 bits per heavy atom. The van der Waals surface area contributed by atoms with Crippen molar-refractivity contribution in [3.8, 4) is 0 Å². The van der Waals surface area contributed by atoms with Gasteiger partial charge < -0.3 is 19.3 Å². The summed E-state index contributed by atoms with van der Waals surface area (Å²) in [5.41, 5.74) is -0.120. The van der Waals surface area contributed by atoms with Gasteiger partial charge in [-0.15, -0.1) is 0 Å². The molecule has 1 aliphatic heterocycles. The predicted octanol–water partition coefficient (Wildman–Crippen LogP) is 2.91. The molecule has 0 aromatic carbocycles. The normalized spacial score (nSPS) is 26.0. The van der Waals surface area contributed by atoms with Gasteiger partial charge in [0.15, 0.2) is 0 Å². The van der Waals surface area contributed by atoms with E-state index in [1.165, 1.54) is 0 Å². The van der Waals surface area contributed by atoms with Crippen LogP contribution in [0.2, 0.25) is 0 Å². The Morgan fingerprint density at radius 1 is 1.16 bits per heavy atom. The van der Waals surface area contributed by atoms with Crippen molar-refractivity contribution in [3.05, 3.63) is 0 Å². The number of unbranched alkanes of at least 4 members (excludes halogenated alkanes) is 1. The largest absolute Gasteiger partial charge is 0.461 e. The predicted molar refractivity (Wildman–Crippen MR) is 96.3 cm³/mol. The fraction of sp³-hybridized carbons (Fsp3) is 0.895. The average Bonchev–Trinajstić information content (AvgIpc) is 2.59. The lowest BCUT2D eigenvalue weighted by molar-refractivity contribution is -0.207. The second-order valence-electron chi connectivity index (χ2n) is 8.13. The summed E-state index contributed by atoms with van der Waals surface area (Å²) in [4.78, 5) is 27.8. The Hall–Kier alpha value is -1.30. The maximum Gasteiger partial charge on any atom is 0.319 e. The highest BCUT2D eigenvalue weighted by Crippen LogP contribution is 2.45. The van der Waals surface area contributed by atoms with Crippen LogP contribution in [0.3, 0.4) is 0 Å². The summed E-state index contributed by atoms with van der Waals surface area (Å²) in [7, 11) is 3.50. The molecule has 2 amide bonds. The Kier molecular flexibility index (Phi) is 6.72. The van der Waals surface area contributed by atoms with E-state index >= 15 is 0 Å². The van der Waals surface area contributed by atoms with E-state index < -0.39 is 0 Å². The molecular formula is C19H34N2O4. The molecule has 2 aliphatic rings. The molecule has 144 valence electrons. The van der Waals surface area contributed by atoms with Crippen LogP contribution < -0.4 is 0 Å². The molecule has 2 rings (SSSR count). The van der Waals surface area contributed by atoms with Crippen LogP contribution in [0.4, 0.5) is 4.79 Å². The van der Waals surface area contributed by atoms with Crippen LogP contribution in [-0.4, -0.2) is 67.8 Å². The van der Waals surface area contributed by atoms with Gasteiger partial charge in [0.1, 0.15) is 6.10 Å². The molecule has 0 bridgehead atoms. The van der Waals surface area contributed by atoms with Crippen molar-refractivity contribution in [2.24, 2.45) is 11.3 Å². The zero-order valence-corrected chi connectivity index (χ0v) is 16.4. The number of hydrogen-bond acceptors (Lipinski definition) is 4. The highest BCUT2D eigenvalue weighted by Gasteiger charge is 2.52. The molecule has 0 spiro atoms. The van der Waals surface area contributed by atoms with E-state index in [1.807, 2.05) is 0 Å². The lowest BCUT2D eigenvalue weighted by Crippen LogP contribution is -2.57. The van der Waals surface area contributed by atoms with Crippen LogP contribution >= 0.6 is 0 Å². The summed E-state index contributed by atoms with van der Waals surface area (Å²) in [6.07, 6.45) is 4.47. The molecule has 0 aromatic heterocycles. The van der Waals surface area contributed by atoms with E-state index in [1.54, 1.807) is 23.9 Å². The molecule has 1 heterocycles. The SMILES string of the molecule is CCCCO[C@H]1C[C@H](OC(=O)C2CCN(C(=O)N(C)C)CC2)C1(C)C. The quantitative estimate of drug-likeness (QED) is 0.544. The molecule has 1 saturated carbocycles. The molecule has 2 fully saturated rings. The van der Waals surface area contributed by atoms with E-state index in [9.17, 15) is 9.59 Å². The Bertz CT molecular complexity index is 470. The van der Waals surface area contributed by atoms with Crippen LogP contribution in [0.15, 0.2) is 0 Å². The van der Waals surface area contributed by atoms with Gasteiger partial charge in [0.25, 0.3) is 0 Å². The zero-order valence-electron chi connectivity index (χ0n) is 16.4. The molecule has 25 heavy (non-hydrogen) atoms. The summed E-state index contributed by atoms with van der Waals surface area (Å²) in [6, 6.07) is 0.0130. The average molecular weight is 354 g/mol. The molecule has 0 N–H and O–H groups in total. The lowest BCUT2D eigenvalue weighted by atomic mass is 9.66. The zero-order chi connectivity index (χ0) is 18.6. The summed E-state index contributed by atoms with van der Waals surface area (Å²) < 4.78 is 11.7. The molecule has 1 aliphatic carbocycles. The molecule has 6 nitrogen and oxygen atoms in total. The van der Waals surface area contributed by atoms with E-state index in [2.05, 4.69) is 20.8 Å². The van der Waals surface area contributed by atoms with Gasteiger partial charge in [-0.25, -0.2) is 4.79 Å². The van der Waals surface area contributed by atoms with Gasteiger partial charge in [-0.3, -0.25) is 4.79 Å². The number of carbonyl (C=O) groups is 2. The maximum absolute atomic E-state index is 12.5. The Morgan fingerprint density at radius 3 is 2.32 bits per heavy atom. The van der Waals surface area contributed by atoms with Gasteiger partial charge in [-0.05, 0) is 19.3 Å². The number of rotatable bonds is 6. The number of likely N-dealkylation sites (tertiary alicyclic amines) is 1.